The first-order valence-corrected chi connectivity index (χ1v) is 13.9. The summed E-state index contributed by atoms with van der Waals surface area (Å²) < 4.78 is 15.6. The summed E-state index contributed by atoms with van der Waals surface area (Å²) in [7, 11) is 0. The van der Waals surface area contributed by atoms with Crippen LogP contribution in [0, 0.1) is 17.1 Å². The number of aryl methyl sites for hydroxylation is 1. The number of aliphatic carboxylic acids is 1. The fraction of sp³-hybridized carbons (Fsp3) is 0.385. The average Bonchev–Trinajstić information content (AvgIpc) is 3.59. The molecule has 3 aromatic heterocycles. The first-order chi connectivity index (χ1) is 17.9. The van der Waals surface area contributed by atoms with Gasteiger partial charge in [-0.2, -0.15) is 5.26 Å². The molecule has 4 heterocycles. The zero-order valence-electron chi connectivity index (χ0n) is 20.6. The number of aromatic nitrogens is 3. The summed E-state index contributed by atoms with van der Waals surface area (Å²) in [5, 5.41) is 19.6. The maximum Gasteiger partial charge on any atom is 0.317 e. The van der Waals surface area contributed by atoms with Crippen molar-refractivity contribution >= 4 is 44.6 Å². The molecule has 1 aliphatic heterocycles. The highest BCUT2D eigenvalue weighted by atomic mass is 32.1. The highest BCUT2D eigenvalue weighted by molar-refractivity contribution is 7.17. The number of hydrogen-bond acceptors (Lipinski definition) is 8. The number of carbonyl (C=O) groups is 1. The standard InChI is InChI=1S/C26H27FN6O2S2/c1-3-19-24(32(4-2)26-30-23(20(13-28)36-26)17-5-7-18(27)8-6-17)33-14-21(37-25(33)29-19)16-9-11-31(12-10-16)15-22(34)35/h5-8,14,16H,3-4,9-12,15H2,1-2H3,(H,34,35). The van der Waals surface area contributed by atoms with Gasteiger partial charge in [-0.25, -0.2) is 14.4 Å². The molecule has 0 saturated carbocycles. The Morgan fingerprint density at radius 3 is 2.57 bits per heavy atom. The lowest BCUT2D eigenvalue weighted by Gasteiger charge is -2.30. The van der Waals surface area contributed by atoms with Crippen LogP contribution in [0.1, 0.15) is 48.1 Å². The normalized spacial score (nSPS) is 14.8. The van der Waals surface area contributed by atoms with Crippen molar-refractivity contribution in [2.24, 2.45) is 0 Å². The Morgan fingerprint density at radius 1 is 1.22 bits per heavy atom. The maximum absolute atomic E-state index is 13.5. The lowest BCUT2D eigenvalue weighted by molar-refractivity contribution is -0.138. The molecule has 1 N–H and O–H groups in total. The van der Waals surface area contributed by atoms with Crippen LogP contribution in [-0.2, 0) is 11.2 Å². The van der Waals surface area contributed by atoms with Gasteiger partial charge in [-0.05, 0) is 69.5 Å². The van der Waals surface area contributed by atoms with E-state index in [0.29, 0.717) is 33.7 Å². The van der Waals surface area contributed by atoms with Crippen LogP contribution in [-0.4, -0.2) is 56.5 Å². The van der Waals surface area contributed by atoms with Crippen LogP contribution in [0.2, 0.25) is 0 Å². The van der Waals surface area contributed by atoms with Crippen molar-refractivity contribution in [3.8, 4) is 17.3 Å². The number of thiazole rings is 2. The molecule has 5 rings (SSSR count). The number of carboxylic acids is 1. The van der Waals surface area contributed by atoms with Gasteiger partial charge in [0.15, 0.2) is 10.1 Å². The summed E-state index contributed by atoms with van der Waals surface area (Å²) in [4.78, 5) is 27.6. The predicted octanol–water partition coefficient (Wildman–Crippen LogP) is 5.51. The van der Waals surface area contributed by atoms with Gasteiger partial charge in [0.2, 0.25) is 0 Å². The molecule has 0 aliphatic carbocycles. The third-order valence-corrected chi connectivity index (χ3v) is 8.84. The average molecular weight is 539 g/mol. The largest absolute Gasteiger partial charge is 0.480 e. The maximum atomic E-state index is 13.5. The summed E-state index contributed by atoms with van der Waals surface area (Å²) in [6, 6.07) is 8.30. The zero-order chi connectivity index (χ0) is 26.1. The number of nitriles is 1. The lowest BCUT2D eigenvalue weighted by atomic mass is 9.96. The molecule has 192 valence electrons. The Bertz CT molecular complexity index is 1460. The van der Waals surface area contributed by atoms with E-state index in [1.807, 2.05) is 4.90 Å². The third-order valence-electron chi connectivity index (χ3n) is 6.71. The predicted molar refractivity (Wildman–Crippen MR) is 143 cm³/mol. The summed E-state index contributed by atoms with van der Waals surface area (Å²) in [5.41, 5.74) is 2.23. The molecule has 1 aromatic carbocycles. The van der Waals surface area contributed by atoms with E-state index < -0.39 is 5.97 Å². The Balaban J connectivity index is 1.48. The summed E-state index contributed by atoms with van der Waals surface area (Å²) in [6.07, 6.45) is 4.76. The topological polar surface area (TPSA) is 97.8 Å². The number of anilines is 2. The fourth-order valence-electron chi connectivity index (χ4n) is 4.85. The molecule has 1 saturated heterocycles. The van der Waals surface area contributed by atoms with Gasteiger partial charge in [0, 0.05) is 23.2 Å². The molecule has 0 radical (unpaired) electrons. The number of halogens is 1. The molecule has 11 heteroatoms. The van der Waals surface area contributed by atoms with Gasteiger partial charge >= 0.3 is 5.97 Å². The molecule has 1 fully saturated rings. The molecule has 0 unspecified atom stereocenters. The van der Waals surface area contributed by atoms with Crippen molar-refractivity contribution in [3.05, 3.63) is 51.7 Å². The highest BCUT2D eigenvalue weighted by Crippen LogP contribution is 2.40. The van der Waals surface area contributed by atoms with Crippen molar-refractivity contribution in [2.45, 2.75) is 39.0 Å². The number of nitrogens with zero attached hydrogens (tertiary/aromatic N) is 6. The Kier molecular flexibility index (Phi) is 7.24. The van der Waals surface area contributed by atoms with Gasteiger partial charge in [-0.3, -0.25) is 14.1 Å². The SMILES string of the molecule is CCc1nc2sc(C3CCN(CC(=O)O)CC3)cn2c1N(CC)c1nc(-c2ccc(F)cc2)c(C#N)s1. The van der Waals surface area contributed by atoms with Crippen molar-refractivity contribution in [1.82, 2.24) is 19.3 Å². The summed E-state index contributed by atoms with van der Waals surface area (Å²) in [6.45, 7) is 6.40. The molecular formula is C26H27FN6O2S2. The van der Waals surface area contributed by atoms with E-state index >= 15 is 0 Å². The Morgan fingerprint density at radius 2 is 1.95 bits per heavy atom. The van der Waals surface area contributed by atoms with E-state index in [2.05, 4.69) is 35.4 Å². The van der Waals surface area contributed by atoms with Gasteiger partial charge in [0.1, 0.15) is 28.3 Å². The van der Waals surface area contributed by atoms with Crippen LogP contribution < -0.4 is 4.90 Å². The number of fused-ring (bicyclic) bond motifs is 1. The van der Waals surface area contributed by atoms with Crippen LogP contribution in [0.25, 0.3) is 16.2 Å². The number of imidazole rings is 1. The minimum absolute atomic E-state index is 0.0916. The highest BCUT2D eigenvalue weighted by Gasteiger charge is 2.27. The first kappa shape index (κ1) is 25.3. The number of piperidine rings is 1. The molecule has 37 heavy (non-hydrogen) atoms. The molecule has 4 aromatic rings. The van der Waals surface area contributed by atoms with Gasteiger partial charge in [0.05, 0.1) is 12.2 Å². The van der Waals surface area contributed by atoms with Crippen molar-refractivity contribution in [2.75, 3.05) is 31.1 Å². The van der Waals surface area contributed by atoms with E-state index in [9.17, 15) is 14.4 Å². The summed E-state index contributed by atoms with van der Waals surface area (Å²) >= 11 is 3.01. The van der Waals surface area contributed by atoms with E-state index in [1.54, 1.807) is 23.5 Å². The van der Waals surface area contributed by atoms with Crippen LogP contribution >= 0.6 is 22.7 Å². The molecule has 0 bridgehead atoms. The minimum Gasteiger partial charge on any atom is -0.480 e. The second-order valence-electron chi connectivity index (χ2n) is 9.00. The van der Waals surface area contributed by atoms with Gasteiger partial charge in [0.25, 0.3) is 0 Å². The van der Waals surface area contributed by atoms with Crippen molar-refractivity contribution in [3.63, 3.8) is 0 Å². The fourth-order valence-corrected chi connectivity index (χ4v) is 6.97. The second-order valence-corrected chi connectivity index (χ2v) is 11.0. The summed E-state index contributed by atoms with van der Waals surface area (Å²) in [5.74, 6) is 0.214. The van der Waals surface area contributed by atoms with E-state index in [-0.39, 0.29) is 12.4 Å². The first-order valence-electron chi connectivity index (χ1n) is 12.3. The van der Waals surface area contributed by atoms with E-state index in [1.165, 1.54) is 28.3 Å². The molecule has 1 aliphatic rings. The molecule has 8 nitrogen and oxygen atoms in total. The zero-order valence-corrected chi connectivity index (χ0v) is 22.3. The van der Waals surface area contributed by atoms with Crippen LogP contribution in [0.15, 0.2) is 30.5 Å². The molecule has 0 amide bonds. The molecular weight excluding hydrogens is 511 g/mol. The Labute approximate surface area is 222 Å². The smallest absolute Gasteiger partial charge is 0.317 e. The van der Waals surface area contributed by atoms with E-state index in [4.69, 9.17) is 15.1 Å². The monoisotopic (exact) mass is 538 g/mol. The van der Waals surface area contributed by atoms with Crippen molar-refractivity contribution < 1.29 is 14.3 Å². The van der Waals surface area contributed by atoms with Gasteiger partial charge < -0.3 is 10.0 Å². The number of rotatable bonds is 8. The van der Waals surface area contributed by atoms with Gasteiger partial charge in [-0.15, -0.1) is 11.3 Å². The molecule has 0 spiro atoms. The number of carboxylic acid groups (broad SMARTS) is 1. The quantitative estimate of drug-likeness (QED) is 0.316. The number of likely N-dealkylation sites (tertiary alicyclic amines) is 1. The van der Waals surface area contributed by atoms with Crippen LogP contribution in [0.3, 0.4) is 0 Å². The minimum atomic E-state index is -0.784. The van der Waals surface area contributed by atoms with Crippen LogP contribution in [0.5, 0.6) is 0 Å². The molecule has 0 atom stereocenters. The van der Waals surface area contributed by atoms with E-state index in [0.717, 1.165) is 48.8 Å². The van der Waals surface area contributed by atoms with Gasteiger partial charge in [-0.1, -0.05) is 18.3 Å². The number of hydrogen-bond donors (Lipinski definition) is 1. The Hall–Kier alpha value is -3.33. The number of benzene rings is 1. The second kappa shape index (κ2) is 10.6. The lowest BCUT2D eigenvalue weighted by Crippen LogP contribution is -2.36. The van der Waals surface area contributed by atoms with Crippen LogP contribution in [0.4, 0.5) is 15.3 Å². The third kappa shape index (κ3) is 4.97. The van der Waals surface area contributed by atoms with Crippen molar-refractivity contribution in [1.29, 1.82) is 5.26 Å².